The van der Waals surface area contributed by atoms with Gasteiger partial charge in [0.1, 0.15) is 0 Å². The molecular weight excluding hydrogens is 166 g/mol. The van der Waals surface area contributed by atoms with E-state index in [9.17, 15) is 4.21 Å². The second kappa shape index (κ2) is 7.06. The molecule has 0 amide bonds. The van der Waals surface area contributed by atoms with Crippen molar-refractivity contribution in [3.8, 4) is 0 Å². The number of rotatable bonds is 5. The molecule has 0 fully saturated rings. The van der Waals surface area contributed by atoms with Crippen LogP contribution in [0.25, 0.3) is 0 Å². The molecule has 0 bridgehead atoms. The van der Waals surface area contributed by atoms with Crippen LogP contribution >= 0.6 is 12.2 Å². The summed E-state index contributed by atoms with van der Waals surface area (Å²) in [4.78, 5) is 2.88. The van der Waals surface area contributed by atoms with Gasteiger partial charge in [0.25, 0.3) is 0 Å². The number of aliphatic imine (C=N–C) groups is 1. The largest absolute Gasteiger partial charge is 0.260 e. The van der Waals surface area contributed by atoms with Gasteiger partial charge < -0.3 is 0 Å². The number of hydrogen-bond donors (Lipinski definition) is 0. The first-order valence-electron chi connectivity index (χ1n) is 6.18. The van der Waals surface area contributed by atoms with Crippen LogP contribution in [0.3, 0.4) is 0 Å². The van der Waals surface area contributed by atoms with E-state index < -0.39 is 35.7 Å². The van der Waals surface area contributed by atoms with Gasteiger partial charge in [0, 0.05) is 37.5 Å². The van der Waals surface area contributed by atoms with Gasteiger partial charge in [-0.3, -0.25) is 4.21 Å². The molecule has 1 atom stereocenters. The summed E-state index contributed by atoms with van der Waals surface area (Å²) < 4.78 is 70.3. The summed E-state index contributed by atoms with van der Waals surface area (Å²) in [6, 6.07) is 0. The van der Waals surface area contributed by atoms with Crippen molar-refractivity contribution in [2.24, 2.45) is 4.99 Å². The average molecular weight is 185 g/mol. The summed E-state index contributed by atoms with van der Waals surface area (Å²) in [7, 11) is -2.37. The third kappa shape index (κ3) is 7.95. The molecule has 0 saturated heterocycles. The molecule has 0 aliphatic heterocycles. The van der Waals surface area contributed by atoms with Crippen molar-refractivity contribution >= 4 is 28.2 Å². The minimum Gasteiger partial charge on any atom is -0.260 e. The third-order valence-corrected chi connectivity index (χ3v) is 0.896. The zero-order valence-corrected chi connectivity index (χ0v) is 6.80. The molecule has 0 aromatic rings. The van der Waals surface area contributed by atoms with Crippen molar-refractivity contribution in [2.45, 2.75) is 12.7 Å². The molecule has 0 rings (SSSR count). The number of hydrogen-bond acceptors (Lipinski definition) is 3. The topological polar surface area (TPSA) is 29.4 Å². The highest BCUT2D eigenvalue weighted by Crippen LogP contribution is 1.90. The van der Waals surface area contributed by atoms with Crippen LogP contribution in [-0.4, -0.2) is 27.8 Å². The van der Waals surface area contributed by atoms with E-state index in [1.54, 1.807) is 5.16 Å². The molecule has 0 aliphatic rings. The fourth-order valence-electron chi connectivity index (χ4n) is 0.176. The molecule has 10 heavy (non-hydrogen) atoms. The molecule has 0 heterocycles. The molecule has 0 spiro atoms. The van der Waals surface area contributed by atoms with Crippen LogP contribution in [0.5, 0.6) is 0 Å². The summed E-state index contributed by atoms with van der Waals surface area (Å²) in [5.41, 5.74) is -3.10. The van der Waals surface area contributed by atoms with Crippen molar-refractivity contribution in [2.75, 3.05) is 18.5 Å². The van der Waals surface area contributed by atoms with Gasteiger partial charge >= 0.3 is 0 Å². The number of thiocarbonyl (C=S) groups is 1. The third-order valence-electron chi connectivity index (χ3n) is 0.415. The highest BCUT2D eigenvalue weighted by Gasteiger charge is 1.89. The van der Waals surface area contributed by atoms with E-state index in [2.05, 4.69) is 17.2 Å². The molecule has 0 aromatic carbocycles. The normalized spacial score (nSPS) is 29.7. The Labute approximate surface area is 80.4 Å². The lowest BCUT2D eigenvalue weighted by Gasteiger charge is -1.92. The van der Waals surface area contributed by atoms with Crippen LogP contribution in [0.4, 0.5) is 0 Å². The quantitative estimate of drug-likeness (QED) is 0.476. The van der Waals surface area contributed by atoms with Crippen LogP contribution < -0.4 is 0 Å². The second-order valence-corrected chi connectivity index (χ2v) is 2.42. The maximum atomic E-state index is 11.2. The standard InChI is InChI=1S/C6H11NOS2/c1-10(8)5-3-2-4-7-6-9/h2-5H2,1H3/i2D2,3D2,4D2,5D2. The zero-order valence-electron chi connectivity index (χ0n) is 13.2. The summed E-state index contributed by atoms with van der Waals surface area (Å²) in [6.07, 6.45) is -5.91. The van der Waals surface area contributed by atoms with Gasteiger partial charge in [-0.2, -0.15) is 0 Å². The second-order valence-electron chi connectivity index (χ2n) is 1.12. The molecule has 58 valence electrons. The SMILES string of the molecule is [2H]C([2H])(N=C=S)C([2H])([2H])C([2H])([2H])C([2H])([2H])S(C)=O. The Morgan fingerprint density at radius 3 is 3.00 bits per heavy atom. The molecule has 0 saturated carbocycles. The van der Waals surface area contributed by atoms with Crippen LogP contribution in [0.15, 0.2) is 4.99 Å². The smallest absolute Gasteiger partial charge is 0.0584 e. The predicted octanol–water partition coefficient (Wildman–Crippen LogP) is 1.25. The average Bonchev–Trinajstić information content (AvgIpc) is 2.16. The summed E-state index contributed by atoms with van der Waals surface area (Å²) >= 11 is 4.14. The Kier molecular flexibility index (Phi) is 1.96. The van der Waals surface area contributed by atoms with Gasteiger partial charge in [-0.1, -0.05) is 0 Å². The highest BCUT2D eigenvalue weighted by atomic mass is 32.2. The first kappa shape index (κ1) is 2.77. The maximum Gasteiger partial charge on any atom is 0.0584 e. The Morgan fingerprint density at radius 2 is 2.50 bits per heavy atom. The van der Waals surface area contributed by atoms with Crippen LogP contribution in [-0.2, 0) is 10.8 Å². The van der Waals surface area contributed by atoms with Gasteiger partial charge in [0.2, 0.25) is 0 Å². The number of isothiocyanates is 1. The van der Waals surface area contributed by atoms with Crippen molar-refractivity contribution in [1.29, 1.82) is 0 Å². The maximum absolute atomic E-state index is 11.2. The van der Waals surface area contributed by atoms with Crippen molar-refractivity contribution in [1.82, 2.24) is 0 Å². The monoisotopic (exact) mass is 185 g/mol. The van der Waals surface area contributed by atoms with Gasteiger partial charge in [0.15, 0.2) is 0 Å². The lowest BCUT2D eigenvalue weighted by Crippen LogP contribution is -1.94. The fraction of sp³-hybridized carbons (Fsp3) is 0.833. The Bertz CT molecular complexity index is 378. The van der Waals surface area contributed by atoms with E-state index in [0.717, 1.165) is 6.26 Å². The lowest BCUT2D eigenvalue weighted by molar-refractivity contribution is 0.682. The lowest BCUT2D eigenvalue weighted by atomic mass is 10.3. The van der Waals surface area contributed by atoms with Crippen molar-refractivity contribution < 1.29 is 15.2 Å². The van der Waals surface area contributed by atoms with Crippen molar-refractivity contribution in [3.05, 3.63) is 0 Å². The molecular formula is C6H11NOS2. The highest BCUT2D eigenvalue weighted by molar-refractivity contribution is 7.84. The van der Waals surface area contributed by atoms with E-state index in [-0.39, 0.29) is 0 Å². The van der Waals surface area contributed by atoms with Gasteiger partial charge in [-0.05, 0) is 25.0 Å². The molecule has 0 aromatic heterocycles. The van der Waals surface area contributed by atoms with Crippen LogP contribution in [0, 0.1) is 0 Å². The predicted molar refractivity (Wildman–Crippen MR) is 48.1 cm³/mol. The van der Waals surface area contributed by atoms with E-state index >= 15 is 0 Å². The molecule has 1 unspecified atom stereocenters. The number of nitrogens with zero attached hydrogens (tertiary/aromatic N) is 1. The minimum absolute atomic E-state index is 0.867. The Balaban J connectivity index is 5.88. The van der Waals surface area contributed by atoms with E-state index in [1.165, 1.54) is 0 Å². The zero-order chi connectivity index (χ0) is 15.0. The fourth-order valence-corrected chi connectivity index (χ4v) is 0.417. The van der Waals surface area contributed by atoms with Gasteiger partial charge in [-0.25, -0.2) is 4.99 Å². The first-order chi connectivity index (χ1) is 7.75. The van der Waals surface area contributed by atoms with Gasteiger partial charge in [0.05, 0.1) is 7.90 Å². The summed E-state index contributed by atoms with van der Waals surface area (Å²) in [5, 5.41) is 1.60. The van der Waals surface area contributed by atoms with Crippen LogP contribution in [0.1, 0.15) is 23.7 Å². The van der Waals surface area contributed by atoms with Gasteiger partial charge in [-0.15, -0.1) is 0 Å². The van der Waals surface area contributed by atoms with E-state index in [4.69, 9.17) is 11.0 Å². The molecule has 0 N–H and O–H groups in total. The van der Waals surface area contributed by atoms with E-state index in [1.807, 2.05) is 0 Å². The molecule has 0 radical (unpaired) electrons. The Morgan fingerprint density at radius 1 is 1.80 bits per heavy atom. The molecule has 2 nitrogen and oxygen atoms in total. The van der Waals surface area contributed by atoms with Crippen LogP contribution in [0.2, 0.25) is 0 Å². The molecule has 4 heteroatoms. The summed E-state index contributed by atoms with van der Waals surface area (Å²) in [5.74, 6) is 0. The first-order valence-corrected chi connectivity index (χ1v) is 4.15. The van der Waals surface area contributed by atoms with Crippen molar-refractivity contribution in [3.63, 3.8) is 0 Å². The molecule has 0 aliphatic carbocycles. The van der Waals surface area contributed by atoms with E-state index in [0.29, 0.717) is 0 Å². The Hall–Kier alpha value is -0.0500. The summed E-state index contributed by atoms with van der Waals surface area (Å²) in [6.45, 7) is -3.13. The minimum atomic E-state index is -3.39.